The van der Waals surface area contributed by atoms with Crippen molar-refractivity contribution in [2.75, 3.05) is 18.9 Å². The van der Waals surface area contributed by atoms with E-state index in [1.54, 1.807) is 0 Å². The molecule has 1 saturated heterocycles. The molecule has 4 nitrogen and oxygen atoms in total. The van der Waals surface area contributed by atoms with Gasteiger partial charge in [0.25, 0.3) is 0 Å². The summed E-state index contributed by atoms with van der Waals surface area (Å²) < 4.78 is 0. The quantitative estimate of drug-likeness (QED) is 0.899. The first-order chi connectivity index (χ1) is 10.8. The first-order valence-corrected chi connectivity index (χ1v) is 9.18. The number of carbonyl (C=O) groups is 1. The minimum Gasteiger partial charge on any atom is -0.396 e. The molecule has 2 heterocycles. The first-order valence-electron chi connectivity index (χ1n) is 8.19. The standard InChI is InChI=1S/C17H24N2O2S/c20-11-8-13-5-3-4-10-19(13)17(21)18-15-9-12-22-16-7-2-1-6-14(15)16/h1-2,6-7,13,15,20H,3-5,8-12H2,(H,18,21). The summed E-state index contributed by atoms with van der Waals surface area (Å²) in [5, 5.41) is 12.4. The van der Waals surface area contributed by atoms with Crippen molar-refractivity contribution in [3.05, 3.63) is 29.8 Å². The number of nitrogens with zero attached hydrogens (tertiary/aromatic N) is 1. The fourth-order valence-electron chi connectivity index (χ4n) is 3.44. The Balaban J connectivity index is 1.69. The molecule has 0 saturated carbocycles. The zero-order chi connectivity index (χ0) is 15.4. The highest BCUT2D eigenvalue weighted by Gasteiger charge is 2.29. The molecular formula is C17H24N2O2S. The van der Waals surface area contributed by atoms with Gasteiger partial charge in [-0.05, 0) is 43.7 Å². The number of amides is 2. The van der Waals surface area contributed by atoms with Crippen LogP contribution >= 0.6 is 11.8 Å². The Kier molecular flexibility index (Phi) is 5.26. The van der Waals surface area contributed by atoms with Crippen LogP contribution in [0.5, 0.6) is 0 Å². The van der Waals surface area contributed by atoms with Gasteiger partial charge in [-0.15, -0.1) is 11.8 Å². The summed E-state index contributed by atoms with van der Waals surface area (Å²) in [4.78, 5) is 15.9. The highest BCUT2D eigenvalue weighted by Crippen LogP contribution is 2.36. The molecule has 5 heteroatoms. The van der Waals surface area contributed by atoms with Crippen molar-refractivity contribution in [3.8, 4) is 0 Å². The van der Waals surface area contributed by atoms with Gasteiger partial charge < -0.3 is 15.3 Å². The van der Waals surface area contributed by atoms with Crippen molar-refractivity contribution < 1.29 is 9.90 Å². The van der Waals surface area contributed by atoms with E-state index in [0.29, 0.717) is 6.42 Å². The lowest BCUT2D eigenvalue weighted by Crippen LogP contribution is -2.50. The number of aliphatic hydroxyl groups is 1. The smallest absolute Gasteiger partial charge is 0.318 e. The van der Waals surface area contributed by atoms with Crippen LogP contribution in [0, 0.1) is 0 Å². The normalized spacial score (nSPS) is 24.7. The second kappa shape index (κ2) is 7.38. The Morgan fingerprint density at radius 2 is 2.18 bits per heavy atom. The maximum absolute atomic E-state index is 12.7. The van der Waals surface area contributed by atoms with E-state index in [2.05, 4.69) is 23.5 Å². The van der Waals surface area contributed by atoms with E-state index >= 15 is 0 Å². The second-order valence-electron chi connectivity index (χ2n) is 6.03. The number of carbonyl (C=O) groups excluding carboxylic acids is 1. The summed E-state index contributed by atoms with van der Waals surface area (Å²) in [7, 11) is 0. The third kappa shape index (κ3) is 3.41. The molecule has 2 aliphatic heterocycles. The average Bonchev–Trinajstić information content (AvgIpc) is 2.56. The number of nitrogens with one attached hydrogen (secondary N) is 1. The van der Waals surface area contributed by atoms with Crippen LogP contribution in [0.3, 0.4) is 0 Å². The average molecular weight is 320 g/mol. The Hall–Kier alpha value is -1.20. The molecule has 3 rings (SSSR count). The molecule has 2 unspecified atom stereocenters. The second-order valence-corrected chi connectivity index (χ2v) is 7.17. The predicted molar refractivity (Wildman–Crippen MR) is 89.1 cm³/mol. The maximum atomic E-state index is 12.7. The third-order valence-electron chi connectivity index (χ3n) is 4.61. The van der Waals surface area contributed by atoms with Gasteiger partial charge in [0.05, 0.1) is 6.04 Å². The van der Waals surface area contributed by atoms with Crippen molar-refractivity contribution in [3.63, 3.8) is 0 Å². The van der Waals surface area contributed by atoms with Gasteiger partial charge in [0, 0.05) is 29.8 Å². The Morgan fingerprint density at radius 1 is 1.32 bits per heavy atom. The SMILES string of the molecule is O=C(NC1CCSc2ccccc21)N1CCCCC1CCO. The summed E-state index contributed by atoms with van der Waals surface area (Å²) >= 11 is 1.87. The molecule has 2 atom stereocenters. The molecule has 2 amide bonds. The maximum Gasteiger partial charge on any atom is 0.318 e. The monoisotopic (exact) mass is 320 g/mol. The molecule has 0 bridgehead atoms. The Labute approximate surface area is 136 Å². The fourth-order valence-corrected chi connectivity index (χ4v) is 4.57. The van der Waals surface area contributed by atoms with E-state index in [4.69, 9.17) is 0 Å². The molecule has 0 radical (unpaired) electrons. The van der Waals surface area contributed by atoms with Gasteiger partial charge in [0.2, 0.25) is 0 Å². The molecular weight excluding hydrogens is 296 g/mol. The molecule has 2 N–H and O–H groups in total. The van der Waals surface area contributed by atoms with E-state index < -0.39 is 0 Å². The molecule has 1 fully saturated rings. The highest BCUT2D eigenvalue weighted by molar-refractivity contribution is 7.99. The van der Waals surface area contributed by atoms with E-state index in [-0.39, 0.29) is 24.7 Å². The molecule has 2 aliphatic rings. The lowest BCUT2D eigenvalue weighted by molar-refractivity contribution is 0.129. The van der Waals surface area contributed by atoms with Crippen molar-refractivity contribution in [1.29, 1.82) is 0 Å². The van der Waals surface area contributed by atoms with Crippen LogP contribution < -0.4 is 5.32 Å². The highest BCUT2D eigenvalue weighted by atomic mass is 32.2. The van der Waals surface area contributed by atoms with Crippen LogP contribution in [0.2, 0.25) is 0 Å². The van der Waals surface area contributed by atoms with Gasteiger partial charge in [-0.2, -0.15) is 0 Å². The number of urea groups is 1. The number of fused-ring (bicyclic) bond motifs is 1. The van der Waals surface area contributed by atoms with Crippen LogP contribution in [-0.4, -0.2) is 41.0 Å². The number of hydrogen-bond acceptors (Lipinski definition) is 3. The Morgan fingerprint density at radius 3 is 3.05 bits per heavy atom. The van der Waals surface area contributed by atoms with Gasteiger partial charge >= 0.3 is 6.03 Å². The summed E-state index contributed by atoms with van der Waals surface area (Å²) in [6, 6.07) is 8.68. The summed E-state index contributed by atoms with van der Waals surface area (Å²) in [6.45, 7) is 0.955. The Bertz CT molecular complexity index is 521. The zero-order valence-corrected chi connectivity index (χ0v) is 13.6. The zero-order valence-electron chi connectivity index (χ0n) is 12.8. The molecule has 22 heavy (non-hydrogen) atoms. The number of piperidine rings is 1. The van der Waals surface area contributed by atoms with Crippen molar-refractivity contribution in [2.24, 2.45) is 0 Å². The van der Waals surface area contributed by atoms with Gasteiger partial charge in [-0.1, -0.05) is 18.2 Å². The van der Waals surface area contributed by atoms with Gasteiger partial charge in [-0.25, -0.2) is 4.79 Å². The van der Waals surface area contributed by atoms with Crippen LogP contribution in [0.15, 0.2) is 29.2 Å². The molecule has 1 aromatic carbocycles. The summed E-state index contributed by atoms with van der Waals surface area (Å²) in [5.74, 6) is 1.04. The van der Waals surface area contributed by atoms with E-state index in [9.17, 15) is 9.90 Å². The van der Waals surface area contributed by atoms with Crippen LogP contribution in [0.4, 0.5) is 4.79 Å². The largest absolute Gasteiger partial charge is 0.396 e. The van der Waals surface area contributed by atoms with Crippen LogP contribution in [-0.2, 0) is 0 Å². The molecule has 0 aromatic heterocycles. The van der Waals surface area contributed by atoms with Gasteiger partial charge in [-0.3, -0.25) is 0 Å². The van der Waals surface area contributed by atoms with Gasteiger partial charge in [0.1, 0.15) is 0 Å². The van der Waals surface area contributed by atoms with Crippen molar-refractivity contribution in [1.82, 2.24) is 10.2 Å². The minimum absolute atomic E-state index is 0.0323. The van der Waals surface area contributed by atoms with Crippen molar-refractivity contribution in [2.45, 2.75) is 49.1 Å². The third-order valence-corrected chi connectivity index (χ3v) is 5.73. The predicted octanol–water partition coefficient (Wildman–Crippen LogP) is 3.17. The fraction of sp³-hybridized carbons (Fsp3) is 0.588. The topological polar surface area (TPSA) is 52.6 Å². The number of hydrogen-bond donors (Lipinski definition) is 2. The summed E-state index contributed by atoms with van der Waals surface area (Å²) in [6.07, 6.45) is 4.88. The summed E-state index contributed by atoms with van der Waals surface area (Å²) in [5.41, 5.74) is 1.24. The molecule has 0 aliphatic carbocycles. The lowest BCUT2D eigenvalue weighted by Gasteiger charge is -2.37. The first kappa shape index (κ1) is 15.7. The lowest BCUT2D eigenvalue weighted by atomic mass is 9.99. The van der Waals surface area contributed by atoms with Crippen molar-refractivity contribution >= 4 is 17.8 Å². The molecule has 120 valence electrons. The molecule has 0 spiro atoms. The van der Waals surface area contributed by atoms with E-state index in [0.717, 1.165) is 38.0 Å². The number of rotatable bonds is 3. The number of likely N-dealkylation sites (tertiary alicyclic amines) is 1. The number of aliphatic hydroxyl groups excluding tert-OH is 1. The van der Waals surface area contributed by atoms with Crippen LogP contribution in [0.25, 0.3) is 0 Å². The van der Waals surface area contributed by atoms with E-state index in [1.807, 2.05) is 22.7 Å². The van der Waals surface area contributed by atoms with E-state index in [1.165, 1.54) is 10.5 Å². The molecule has 1 aromatic rings. The minimum atomic E-state index is 0.0323. The number of benzene rings is 1. The van der Waals surface area contributed by atoms with Crippen LogP contribution in [0.1, 0.15) is 43.7 Å². The number of thioether (sulfide) groups is 1. The van der Waals surface area contributed by atoms with Gasteiger partial charge in [0.15, 0.2) is 0 Å².